The van der Waals surface area contributed by atoms with Crippen molar-refractivity contribution in [2.75, 3.05) is 0 Å². The molecule has 0 radical (unpaired) electrons. The zero-order valence-corrected chi connectivity index (χ0v) is 11.8. The second-order valence-corrected chi connectivity index (χ2v) is 6.75. The zero-order valence-electron chi connectivity index (χ0n) is 11.8. The number of benzene rings is 1. The Morgan fingerprint density at radius 2 is 2.11 bits per heavy atom. The first-order valence-electron chi connectivity index (χ1n) is 6.94. The molecular formula is C16H20N2O. The molecule has 1 aromatic heterocycles. The van der Waals surface area contributed by atoms with Gasteiger partial charge in [0.1, 0.15) is 0 Å². The summed E-state index contributed by atoms with van der Waals surface area (Å²) in [6, 6.07) is 6.54. The highest BCUT2D eigenvalue weighted by Gasteiger charge is 2.25. The Morgan fingerprint density at radius 3 is 2.74 bits per heavy atom. The van der Waals surface area contributed by atoms with Gasteiger partial charge in [0.2, 0.25) is 0 Å². The minimum Gasteiger partial charge on any atom is -0.327 e. The number of hydrogen-bond donors (Lipinski definition) is 0. The summed E-state index contributed by atoms with van der Waals surface area (Å²) in [6.07, 6.45) is 4.97. The lowest BCUT2D eigenvalue weighted by Crippen LogP contribution is -2.13. The van der Waals surface area contributed by atoms with E-state index >= 15 is 0 Å². The molecule has 0 atom stereocenters. The third kappa shape index (κ3) is 2.55. The molecule has 3 heteroatoms. The maximum atomic E-state index is 12.2. The summed E-state index contributed by atoms with van der Waals surface area (Å²) in [5.41, 5.74) is 2.89. The first kappa shape index (κ1) is 12.4. The van der Waals surface area contributed by atoms with Gasteiger partial charge in [-0.15, -0.1) is 0 Å². The molecule has 0 spiro atoms. The van der Waals surface area contributed by atoms with E-state index in [2.05, 4.69) is 30.3 Å². The standard InChI is InChI=1S/C16H20N2O/c1-16(2,3)9-15(19)11-4-7-14-13(8-11)17-10-18(14)12-5-6-12/h4,7-8,10,12H,5-6,9H2,1-3H3. The third-order valence-corrected chi connectivity index (χ3v) is 3.53. The van der Waals surface area contributed by atoms with Gasteiger partial charge in [-0.2, -0.15) is 0 Å². The van der Waals surface area contributed by atoms with Gasteiger partial charge in [-0.1, -0.05) is 20.8 Å². The number of ketones is 1. The van der Waals surface area contributed by atoms with Crippen LogP contribution in [0, 0.1) is 5.41 Å². The largest absolute Gasteiger partial charge is 0.327 e. The molecule has 0 amide bonds. The van der Waals surface area contributed by atoms with Gasteiger partial charge in [0, 0.05) is 18.0 Å². The first-order chi connectivity index (χ1) is 8.94. The molecule has 1 heterocycles. The van der Waals surface area contributed by atoms with Crippen molar-refractivity contribution >= 4 is 16.8 Å². The monoisotopic (exact) mass is 256 g/mol. The van der Waals surface area contributed by atoms with Crippen molar-refractivity contribution in [3.63, 3.8) is 0 Å². The summed E-state index contributed by atoms with van der Waals surface area (Å²) >= 11 is 0. The number of carbonyl (C=O) groups excluding carboxylic acids is 1. The molecule has 100 valence electrons. The van der Waals surface area contributed by atoms with E-state index in [0.29, 0.717) is 12.5 Å². The van der Waals surface area contributed by atoms with Gasteiger partial charge in [0.25, 0.3) is 0 Å². The highest BCUT2D eigenvalue weighted by molar-refractivity contribution is 5.99. The van der Waals surface area contributed by atoms with Crippen LogP contribution < -0.4 is 0 Å². The second-order valence-electron chi connectivity index (χ2n) is 6.75. The van der Waals surface area contributed by atoms with Gasteiger partial charge in [-0.05, 0) is 36.5 Å². The van der Waals surface area contributed by atoms with Crippen LogP contribution >= 0.6 is 0 Å². The first-order valence-corrected chi connectivity index (χ1v) is 6.94. The van der Waals surface area contributed by atoms with Gasteiger partial charge < -0.3 is 4.57 Å². The Labute approximate surface area is 113 Å². The number of aromatic nitrogens is 2. The molecule has 1 fully saturated rings. The highest BCUT2D eigenvalue weighted by Crippen LogP contribution is 2.37. The number of carbonyl (C=O) groups is 1. The van der Waals surface area contributed by atoms with Crippen LogP contribution in [0.15, 0.2) is 24.5 Å². The Hall–Kier alpha value is -1.64. The lowest BCUT2D eigenvalue weighted by molar-refractivity contribution is 0.0940. The smallest absolute Gasteiger partial charge is 0.163 e. The van der Waals surface area contributed by atoms with Crippen LogP contribution in [0.3, 0.4) is 0 Å². The number of nitrogens with zero attached hydrogens (tertiary/aromatic N) is 2. The molecule has 19 heavy (non-hydrogen) atoms. The van der Waals surface area contributed by atoms with Crippen molar-refractivity contribution in [3.8, 4) is 0 Å². The van der Waals surface area contributed by atoms with Gasteiger partial charge >= 0.3 is 0 Å². The number of Topliss-reactive ketones (excluding diaryl/α,β-unsaturated/α-hetero) is 1. The fourth-order valence-electron chi connectivity index (χ4n) is 2.43. The van der Waals surface area contributed by atoms with E-state index in [1.165, 1.54) is 12.8 Å². The number of imidazole rings is 1. The fourth-order valence-corrected chi connectivity index (χ4v) is 2.43. The van der Waals surface area contributed by atoms with Crippen LogP contribution in [0.25, 0.3) is 11.0 Å². The average Bonchev–Trinajstić information content (AvgIpc) is 3.06. The van der Waals surface area contributed by atoms with E-state index in [1.54, 1.807) is 0 Å². The molecule has 2 aromatic rings. The van der Waals surface area contributed by atoms with Gasteiger partial charge in [-0.3, -0.25) is 4.79 Å². The lowest BCUT2D eigenvalue weighted by Gasteiger charge is -2.16. The second kappa shape index (κ2) is 4.19. The van der Waals surface area contributed by atoms with Crippen molar-refractivity contribution in [1.82, 2.24) is 9.55 Å². The summed E-state index contributed by atoms with van der Waals surface area (Å²) in [5, 5.41) is 0. The third-order valence-electron chi connectivity index (χ3n) is 3.53. The van der Waals surface area contributed by atoms with Crippen molar-refractivity contribution < 1.29 is 4.79 Å². The van der Waals surface area contributed by atoms with E-state index < -0.39 is 0 Å². The molecule has 0 saturated heterocycles. The van der Waals surface area contributed by atoms with Crippen molar-refractivity contribution in [3.05, 3.63) is 30.1 Å². The number of fused-ring (bicyclic) bond motifs is 1. The molecular weight excluding hydrogens is 236 g/mol. The normalized spacial score (nSPS) is 15.9. The van der Waals surface area contributed by atoms with Crippen LogP contribution in [0.2, 0.25) is 0 Å². The van der Waals surface area contributed by atoms with Crippen molar-refractivity contribution in [2.45, 2.75) is 46.1 Å². The molecule has 1 aliphatic carbocycles. The Kier molecular flexibility index (Phi) is 2.73. The van der Waals surface area contributed by atoms with Crippen LogP contribution in [-0.4, -0.2) is 15.3 Å². The van der Waals surface area contributed by atoms with Crippen LogP contribution in [-0.2, 0) is 0 Å². The zero-order chi connectivity index (χ0) is 13.6. The van der Waals surface area contributed by atoms with Crippen molar-refractivity contribution in [1.29, 1.82) is 0 Å². The Balaban J connectivity index is 1.91. The predicted molar refractivity (Wildman–Crippen MR) is 76.4 cm³/mol. The minimum absolute atomic E-state index is 0.0272. The number of rotatable bonds is 3. The molecule has 3 nitrogen and oxygen atoms in total. The SMILES string of the molecule is CC(C)(C)CC(=O)c1ccc2c(c1)ncn2C1CC1. The van der Waals surface area contributed by atoms with Crippen molar-refractivity contribution in [2.24, 2.45) is 5.41 Å². The van der Waals surface area contributed by atoms with Crippen LogP contribution in [0.4, 0.5) is 0 Å². The quantitative estimate of drug-likeness (QED) is 0.778. The maximum Gasteiger partial charge on any atom is 0.163 e. The molecule has 3 rings (SSSR count). The summed E-state index contributed by atoms with van der Waals surface area (Å²) in [6.45, 7) is 6.27. The van der Waals surface area contributed by atoms with Gasteiger partial charge in [0.05, 0.1) is 17.4 Å². The van der Waals surface area contributed by atoms with Crippen LogP contribution in [0.1, 0.15) is 56.4 Å². The highest BCUT2D eigenvalue weighted by atomic mass is 16.1. The van der Waals surface area contributed by atoms with Gasteiger partial charge in [-0.25, -0.2) is 4.98 Å². The number of hydrogen-bond acceptors (Lipinski definition) is 2. The van der Waals surface area contributed by atoms with Gasteiger partial charge in [0.15, 0.2) is 5.78 Å². The Bertz CT molecular complexity index is 630. The summed E-state index contributed by atoms with van der Waals surface area (Å²) in [5.74, 6) is 0.204. The summed E-state index contributed by atoms with van der Waals surface area (Å²) in [4.78, 5) is 16.7. The fraction of sp³-hybridized carbons (Fsp3) is 0.500. The molecule has 0 unspecified atom stereocenters. The minimum atomic E-state index is 0.0272. The van der Waals surface area contributed by atoms with E-state index in [-0.39, 0.29) is 11.2 Å². The van der Waals surface area contributed by atoms with E-state index in [1.807, 2.05) is 24.5 Å². The molecule has 0 bridgehead atoms. The maximum absolute atomic E-state index is 12.2. The van der Waals surface area contributed by atoms with E-state index in [0.717, 1.165) is 16.6 Å². The predicted octanol–water partition coefficient (Wildman–Crippen LogP) is 3.99. The average molecular weight is 256 g/mol. The van der Waals surface area contributed by atoms with Crippen LogP contribution in [0.5, 0.6) is 0 Å². The topological polar surface area (TPSA) is 34.9 Å². The van der Waals surface area contributed by atoms with E-state index in [4.69, 9.17) is 0 Å². The molecule has 1 aromatic carbocycles. The summed E-state index contributed by atoms with van der Waals surface area (Å²) in [7, 11) is 0. The summed E-state index contributed by atoms with van der Waals surface area (Å²) < 4.78 is 2.23. The molecule has 1 saturated carbocycles. The molecule has 1 aliphatic rings. The lowest BCUT2D eigenvalue weighted by atomic mass is 9.88. The molecule has 0 aliphatic heterocycles. The van der Waals surface area contributed by atoms with E-state index in [9.17, 15) is 4.79 Å². The Morgan fingerprint density at radius 1 is 1.37 bits per heavy atom. The molecule has 0 N–H and O–H groups in total.